The first-order chi connectivity index (χ1) is 12.7. The maximum Gasteiger partial charge on any atom is 0.193 e. The van der Waals surface area contributed by atoms with E-state index < -0.39 is 0 Å². The summed E-state index contributed by atoms with van der Waals surface area (Å²) in [6, 6.07) is 8.32. The fourth-order valence-corrected chi connectivity index (χ4v) is 3.56. The molecule has 6 heteroatoms. The Morgan fingerprint density at radius 2 is 2.27 bits per heavy atom. The molecule has 1 atom stereocenters. The third kappa shape index (κ3) is 4.55. The average Bonchev–Trinajstić information content (AvgIpc) is 3.25. The first-order valence-electron chi connectivity index (χ1n) is 9.68. The molecule has 1 unspecified atom stereocenters. The van der Waals surface area contributed by atoms with Crippen LogP contribution in [0, 0.1) is 12.8 Å². The Morgan fingerprint density at radius 3 is 3.04 bits per heavy atom. The highest BCUT2D eigenvalue weighted by Crippen LogP contribution is 2.16. The van der Waals surface area contributed by atoms with Crippen molar-refractivity contribution in [1.82, 2.24) is 19.8 Å². The summed E-state index contributed by atoms with van der Waals surface area (Å²) < 4.78 is 7.78. The summed E-state index contributed by atoms with van der Waals surface area (Å²) in [5, 5.41) is 3.41. The Bertz CT molecular complexity index is 733. The second kappa shape index (κ2) is 9.03. The van der Waals surface area contributed by atoms with Crippen LogP contribution in [0.5, 0.6) is 0 Å². The van der Waals surface area contributed by atoms with Crippen LogP contribution in [0.2, 0.25) is 0 Å². The number of aromatic nitrogens is 2. The van der Waals surface area contributed by atoms with Gasteiger partial charge in [0, 0.05) is 45.8 Å². The molecular weight excluding hydrogens is 326 g/mol. The number of hydrogen-bond acceptors (Lipinski definition) is 3. The number of aryl methyl sites for hydroxylation is 2. The summed E-state index contributed by atoms with van der Waals surface area (Å²) in [5.41, 5.74) is 2.28. The van der Waals surface area contributed by atoms with Crippen molar-refractivity contribution in [3.63, 3.8) is 0 Å². The van der Waals surface area contributed by atoms with E-state index >= 15 is 0 Å². The smallest absolute Gasteiger partial charge is 0.193 e. The van der Waals surface area contributed by atoms with Crippen LogP contribution < -0.4 is 5.32 Å². The van der Waals surface area contributed by atoms with Crippen LogP contribution in [0.4, 0.5) is 0 Å². The maximum atomic E-state index is 5.49. The zero-order valence-corrected chi connectivity index (χ0v) is 16.2. The standard InChI is InChI=1S/C20H31N5O/c1-4-21-20(24(3)14-17-10-13-26-15-17)22-11-7-12-25-16(2)23-18-8-5-6-9-19(18)25/h5-6,8-9,17H,4,7,10-15H2,1-3H3,(H,21,22). The Hall–Kier alpha value is -2.08. The van der Waals surface area contributed by atoms with Crippen molar-refractivity contribution in [1.29, 1.82) is 0 Å². The third-order valence-corrected chi connectivity index (χ3v) is 4.90. The average molecular weight is 358 g/mol. The summed E-state index contributed by atoms with van der Waals surface area (Å²) in [6.07, 6.45) is 2.15. The molecule has 0 bridgehead atoms. The molecule has 0 aliphatic carbocycles. The first-order valence-corrected chi connectivity index (χ1v) is 9.68. The second-order valence-corrected chi connectivity index (χ2v) is 7.00. The number of para-hydroxylation sites is 2. The van der Waals surface area contributed by atoms with E-state index in [2.05, 4.69) is 58.9 Å². The lowest BCUT2D eigenvalue weighted by atomic mass is 10.1. The Morgan fingerprint density at radius 1 is 1.42 bits per heavy atom. The normalized spacial score (nSPS) is 17.8. The molecule has 0 radical (unpaired) electrons. The summed E-state index contributed by atoms with van der Waals surface area (Å²) in [5.74, 6) is 2.68. The van der Waals surface area contributed by atoms with Crippen LogP contribution in [-0.2, 0) is 11.3 Å². The number of nitrogens with zero attached hydrogens (tertiary/aromatic N) is 4. The van der Waals surface area contributed by atoms with E-state index in [1.807, 2.05) is 6.07 Å². The highest BCUT2D eigenvalue weighted by atomic mass is 16.5. The van der Waals surface area contributed by atoms with Gasteiger partial charge < -0.3 is 19.5 Å². The van der Waals surface area contributed by atoms with Gasteiger partial charge in [-0.05, 0) is 38.8 Å². The lowest BCUT2D eigenvalue weighted by Gasteiger charge is -2.24. The molecular formula is C20H31N5O. The van der Waals surface area contributed by atoms with Crippen LogP contribution in [0.25, 0.3) is 11.0 Å². The quantitative estimate of drug-likeness (QED) is 0.470. The number of benzene rings is 1. The van der Waals surface area contributed by atoms with Gasteiger partial charge in [-0.1, -0.05) is 12.1 Å². The van der Waals surface area contributed by atoms with Crippen LogP contribution in [0.3, 0.4) is 0 Å². The van der Waals surface area contributed by atoms with Crippen molar-refractivity contribution >= 4 is 17.0 Å². The van der Waals surface area contributed by atoms with Gasteiger partial charge in [0.1, 0.15) is 5.82 Å². The molecule has 1 aliphatic heterocycles. The van der Waals surface area contributed by atoms with E-state index in [1.165, 1.54) is 5.52 Å². The van der Waals surface area contributed by atoms with E-state index in [9.17, 15) is 0 Å². The predicted molar refractivity (Wildman–Crippen MR) is 107 cm³/mol. The van der Waals surface area contributed by atoms with E-state index in [0.717, 1.165) is 69.5 Å². The molecule has 26 heavy (non-hydrogen) atoms. The zero-order chi connectivity index (χ0) is 18.4. The van der Waals surface area contributed by atoms with E-state index in [-0.39, 0.29) is 0 Å². The van der Waals surface area contributed by atoms with Crippen molar-refractivity contribution in [2.75, 3.05) is 39.9 Å². The largest absolute Gasteiger partial charge is 0.381 e. The van der Waals surface area contributed by atoms with Gasteiger partial charge in [0.25, 0.3) is 0 Å². The van der Waals surface area contributed by atoms with E-state index in [4.69, 9.17) is 9.73 Å². The minimum absolute atomic E-state index is 0.615. The van der Waals surface area contributed by atoms with Gasteiger partial charge in [-0.25, -0.2) is 4.98 Å². The minimum atomic E-state index is 0.615. The van der Waals surface area contributed by atoms with Gasteiger partial charge in [0.2, 0.25) is 0 Å². The van der Waals surface area contributed by atoms with Crippen molar-refractivity contribution in [3.05, 3.63) is 30.1 Å². The first kappa shape index (κ1) is 18.7. The number of fused-ring (bicyclic) bond motifs is 1. The molecule has 1 aromatic heterocycles. The molecule has 1 saturated heterocycles. The van der Waals surface area contributed by atoms with Crippen LogP contribution in [-0.4, -0.2) is 60.3 Å². The lowest BCUT2D eigenvalue weighted by Crippen LogP contribution is -2.41. The molecule has 0 saturated carbocycles. The monoisotopic (exact) mass is 357 g/mol. The van der Waals surface area contributed by atoms with Gasteiger partial charge in [-0.15, -0.1) is 0 Å². The van der Waals surface area contributed by atoms with Crippen molar-refractivity contribution in [2.45, 2.75) is 33.2 Å². The molecule has 0 spiro atoms. The van der Waals surface area contributed by atoms with Crippen molar-refractivity contribution < 1.29 is 4.74 Å². The number of rotatable bonds is 7. The fourth-order valence-electron chi connectivity index (χ4n) is 3.56. The zero-order valence-electron chi connectivity index (χ0n) is 16.2. The van der Waals surface area contributed by atoms with Crippen molar-refractivity contribution in [2.24, 2.45) is 10.9 Å². The Kier molecular flexibility index (Phi) is 6.50. The maximum absolute atomic E-state index is 5.49. The number of ether oxygens (including phenoxy) is 1. The molecule has 2 aromatic rings. The number of guanidine groups is 1. The van der Waals surface area contributed by atoms with Crippen molar-refractivity contribution in [3.8, 4) is 0 Å². The van der Waals surface area contributed by atoms with E-state index in [1.54, 1.807) is 0 Å². The van der Waals surface area contributed by atoms with E-state index in [0.29, 0.717) is 5.92 Å². The van der Waals surface area contributed by atoms with Gasteiger partial charge in [0.15, 0.2) is 5.96 Å². The number of aliphatic imine (C=N–C) groups is 1. The molecule has 142 valence electrons. The molecule has 3 rings (SSSR count). The van der Waals surface area contributed by atoms with Crippen LogP contribution in [0.15, 0.2) is 29.3 Å². The molecule has 1 aliphatic rings. The predicted octanol–water partition coefficient (Wildman–Crippen LogP) is 2.67. The number of nitrogens with one attached hydrogen (secondary N) is 1. The molecule has 6 nitrogen and oxygen atoms in total. The minimum Gasteiger partial charge on any atom is -0.381 e. The molecule has 1 fully saturated rings. The SMILES string of the molecule is CCNC(=NCCCn1c(C)nc2ccccc21)N(C)CC1CCOC1. The van der Waals surface area contributed by atoms with Crippen LogP contribution >= 0.6 is 0 Å². The second-order valence-electron chi connectivity index (χ2n) is 7.00. The Labute approximate surface area is 156 Å². The summed E-state index contributed by atoms with van der Waals surface area (Å²) in [7, 11) is 2.12. The van der Waals surface area contributed by atoms with Gasteiger partial charge in [-0.2, -0.15) is 0 Å². The Balaban J connectivity index is 1.56. The van der Waals surface area contributed by atoms with Gasteiger partial charge >= 0.3 is 0 Å². The van der Waals surface area contributed by atoms with Gasteiger partial charge in [-0.3, -0.25) is 4.99 Å². The fraction of sp³-hybridized carbons (Fsp3) is 0.600. The highest BCUT2D eigenvalue weighted by Gasteiger charge is 2.19. The lowest BCUT2D eigenvalue weighted by molar-refractivity contribution is 0.181. The molecule has 1 aromatic carbocycles. The molecule has 1 N–H and O–H groups in total. The molecule has 2 heterocycles. The highest BCUT2D eigenvalue weighted by molar-refractivity contribution is 5.79. The summed E-state index contributed by atoms with van der Waals surface area (Å²) in [4.78, 5) is 11.7. The topological polar surface area (TPSA) is 54.7 Å². The molecule has 0 amide bonds. The van der Waals surface area contributed by atoms with Gasteiger partial charge in [0.05, 0.1) is 17.6 Å². The van der Waals surface area contributed by atoms with Crippen LogP contribution in [0.1, 0.15) is 25.6 Å². The number of imidazole rings is 1. The summed E-state index contributed by atoms with van der Waals surface area (Å²) in [6.45, 7) is 9.58. The number of hydrogen-bond donors (Lipinski definition) is 1. The summed E-state index contributed by atoms with van der Waals surface area (Å²) >= 11 is 0. The third-order valence-electron chi connectivity index (χ3n) is 4.90.